The zero-order valence-electron chi connectivity index (χ0n) is 20.4. The molecule has 0 aliphatic rings. The van der Waals surface area contributed by atoms with Crippen LogP contribution in [0.4, 0.5) is 0 Å². The zero-order valence-corrected chi connectivity index (χ0v) is 21.3. The van der Waals surface area contributed by atoms with Crippen LogP contribution in [0.1, 0.15) is 49.1 Å². The van der Waals surface area contributed by atoms with Gasteiger partial charge in [-0.2, -0.15) is 0 Å². The van der Waals surface area contributed by atoms with Gasteiger partial charge in [0.25, 0.3) is 5.56 Å². The van der Waals surface area contributed by atoms with Crippen molar-refractivity contribution < 1.29 is 0 Å². The van der Waals surface area contributed by atoms with E-state index in [4.69, 9.17) is 12.2 Å². The number of nitrogens with zero attached hydrogens (tertiary/aromatic N) is 2. The summed E-state index contributed by atoms with van der Waals surface area (Å²) < 4.78 is 0. The fourth-order valence-electron chi connectivity index (χ4n) is 4.20. The number of pyridine rings is 1. The number of likely N-dealkylation sites (N-methyl/N-ethyl adjacent to an activating group) is 1. The molecule has 0 spiro atoms. The molecular formula is C27H36N4OS. The molecule has 0 amide bonds. The van der Waals surface area contributed by atoms with Crippen LogP contribution >= 0.6 is 12.2 Å². The third-order valence-corrected chi connectivity index (χ3v) is 6.63. The van der Waals surface area contributed by atoms with E-state index in [9.17, 15) is 4.79 Å². The van der Waals surface area contributed by atoms with Crippen molar-refractivity contribution in [3.8, 4) is 0 Å². The highest BCUT2D eigenvalue weighted by Crippen LogP contribution is 2.19. The predicted molar refractivity (Wildman–Crippen MR) is 143 cm³/mol. The summed E-state index contributed by atoms with van der Waals surface area (Å²) in [7, 11) is 0. The topological polar surface area (TPSA) is 51.4 Å². The predicted octanol–water partition coefficient (Wildman–Crippen LogP) is 4.92. The van der Waals surface area contributed by atoms with Crippen LogP contribution < -0.4 is 10.9 Å². The number of hydrogen-bond acceptors (Lipinski definition) is 3. The molecule has 3 aromatic rings. The Bertz CT molecular complexity index is 1140. The first-order valence-electron chi connectivity index (χ1n) is 11.8. The summed E-state index contributed by atoms with van der Waals surface area (Å²) in [4.78, 5) is 20.5. The molecule has 2 aromatic carbocycles. The van der Waals surface area contributed by atoms with E-state index in [1.54, 1.807) is 0 Å². The number of fused-ring (bicyclic) bond motifs is 1. The van der Waals surface area contributed by atoms with E-state index in [1.165, 1.54) is 5.56 Å². The molecule has 5 nitrogen and oxygen atoms in total. The number of aryl methyl sites for hydroxylation is 2. The lowest BCUT2D eigenvalue weighted by atomic mass is 10.0. The minimum Gasteiger partial charge on any atom is -0.356 e. The Morgan fingerprint density at radius 1 is 1.06 bits per heavy atom. The molecule has 0 aliphatic carbocycles. The molecule has 0 fully saturated rings. The second-order valence-corrected chi connectivity index (χ2v) is 9.08. The van der Waals surface area contributed by atoms with Gasteiger partial charge in [-0.05, 0) is 74.9 Å². The number of rotatable bonds is 9. The summed E-state index contributed by atoms with van der Waals surface area (Å²) in [6, 6.07) is 16.6. The van der Waals surface area contributed by atoms with Crippen LogP contribution in [0.15, 0.2) is 53.3 Å². The van der Waals surface area contributed by atoms with E-state index in [0.29, 0.717) is 11.7 Å². The zero-order chi connectivity index (χ0) is 24.0. The summed E-state index contributed by atoms with van der Waals surface area (Å²) in [6.45, 7) is 14.7. The van der Waals surface area contributed by atoms with Gasteiger partial charge >= 0.3 is 0 Å². The number of thiocarbonyl (C=S) groups is 1. The molecule has 0 bridgehead atoms. The highest BCUT2D eigenvalue weighted by molar-refractivity contribution is 7.80. The maximum atomic E-state index is 13.0. The third kappa shape index (κ3) is 6.42. The lowest BCUT2D eigenvalue weighted by Gasteiger charge is -2.30. The Balaban J connectivity index is 1.86. The minimum atomic E-state index is -0.0563. The van der Waals surface area contributed by atoms with Crippen molar-refractivity contribution in [1.29, 1.82) is 0 Å². The molecule has 2 N–H and O–H groups in total. The Kier molecular flexibility index (Phi) is 8.64. The summed E-state index contributed by atoms with van der Waals surface area (Å²) in [5.41, 5.74) is 5.04. The number of aromatic amines is 1. The normalized spacial score (nSPS) is 12.2. The molecule has 1 aromatic heterocycles. The van der Waals surface area contributed by atoms with Crippen molar-refractivity contribution in [2.24, 2.45) is 0 Å². The smallest absolute Gasteiger partial charge is 0.253 e. The maximum Gasteiger partial charge on any atom is 0.253 e. The fourth-order valence-corrected chi connectivity index (χ4v) is 4.53. The van der Waals surface area contributed by atoms with Crippen molar-refractivity contribution in [3.05, 3.63) is 81.1 Å². The van der Waals surface area contributed by atoms with Gasteiger partial charge in [0.05, 0.1) is 12.6 Å². The average molecular weight is 465 g/mol. The maximum absolute atomic E-state index is 13.0. The van der Waals surface area contributed by atoms with Gasteiger partial charge in [0, 0.05) is 29.6 Å². The second-order valence-electron chi connectivity index (χ2n) is 8.70. The molecule has 1 atom stereocenters. The molecule has 6 heteroatoms. The molecule has 0 unspecified atom stereocenters. The quantitative estimate of drug-likeness (QED) is 0.440. The van der Waals surface area contributed by atoms with Crippen molar-refractivity contribution in [2.75, 3.05) is 26.2 Å². The highest BCUT2D eigenvalue weighted by atomic mass is 32.1. The van der Waals surface area contributed by atoms with Crippen LogP contribution in [-0.2, 0) is 6.54 Å². The molecule has 33 heavy (non-hydrogen) atoms. The molecule has 1 heterocycles. The Morgan fingerprint density at radius 3 is 2.42 bits per heavy atom. The SMILES string of the molecule is CCN(CC)CCN(Cc1cc2c(C)cc(C)cc2[nH]c1=O)C(=S)N[C@@H](C)c1ccccc1. The third-order valence-electron chi connectivity index (χ3n) is 6.26. The molecule has 0 aliphatic heterocycles. The lowest BCUT2D eigenvalue weighted by molar-refractivity contribution is 0.262. The van der Waals surface area contributed by atoms with Gasteiger partial charge in [-0.3, -0.25) is 4.79 Å². The van der Waals surface area contributed by atoms with Gasteiger partial charge < -0.3 is 20.1 Å². The summed E-state index contributed by atoms with van der Waals surface area (Å²) in [5.74, 6) is 0. The Hall–Kier alpha value is -2.70. The molecule has 0 saturated carbocycles. The van der Waals surface area contributed by atoms with Gasteiger partial charge in [0.1, 0.15) is 0 Å². The number of hydrogen-bond donors (Lipinski definition) is 2. The molecule has 176 valence electrons. The van der Waals surface area contributed by atoms with Crippen LogP contribution in [0, 0.1) is 13.8 Å². The Morgan fingerprint density at radius 2 is 1.76 bits per heavy atom. The van der Waals surface area contributed by atoms with Crippen molar-refractivity contribution >= 4 is 28.2 Å². The summed E-state index contributed by atoms with van der Waals surface area (Å²) >= 11 is 5.84. The van der Waals surface area contributed by atoms with E-state index in [2.05, 4.69) is 66.0 Å². The highest BCUT2D eigenvalue weighted by Gasteiger charge is 2.17. The molecule has 3 rings (SSSR count). The number of benzene rings is 2. The minimum absolute atomic E-state index is 0.0563. The van der Waals surface area contributed by atoms with Crippen LogP contribution in [0.2, 0.25) is 0 Å². The van der Waals surface area contributed by atoms with Crippen molar-refractivity contribution in [2.45, 2.75) is 47.2 Å². The van der Waals surface area contributed by atoms with E-state index in [-0.39, 0.29) is 11.6 Å². The fraction of sp³-hybridized carbons (Fsp3) is 0.407. The lowest BCUT2D eigenvalue weighted by Crippen LogP contribution is -2.44. The van der Waals surface area contributed by atoms with Gasteiger partial charge in [0.15, 0.2) is 5.11 Å². The summed E-state index contributed by atoms with van der Waals surface area (Å²) in [5, 5.41) is 5.22. The van der Waals surface area contributed by atoms with E-state index >= 15 is 0 Å². The summed E-state index contributed by atoms with van der Waals surface area (Å²) in [6.07, 6.45) is 0. The first kappa shape index (κ1) is 24.9. The number of nitrogens with one attached hydrogen (secondary N) is 2. The standard InChI is InChI=1S/C27H36N4OS/c1-6-30(7-2)13-14-31(27(33)28-21(5)22-11-9-8-10-12-22)18-23-17-24-20(4)15-19(3)16-25(24)29-26(23)32/h8-12,15-17,21H,6-7,13-14,18H2,1-5H3,(H,28,33)(H,29,32)/t21-/m0/s1. The number of H-pyrrole nitrogens is 1. The van der Waals surface area contributed by atoms with Crippen molar-refractivity contribution in [3.63, 3.8) is 0 Å². The van der Waals surface area contributed by atoms with Crippen molar-refractivity contribution in [1.82, 2.24) is 20.1 Å². The van der Waals surface area contributed by atoms with E-state index in [1.807, 2.05) is 37.3 Å². The van der Waals surface area contributed by atoms with Crippen LogP contribution in [0.3, 0.4) is 0 Å². The average Bonchev–Trinajstić information content (AvgIpc) is 2.79. The van der Waals surface area contributed by atoms with Crippen LogP contribution in [0.5, 0.6) is 0 Å². The van der Waals surface area contributed by atoms with Crippen LogP contribution in [0.25, 0.3) is 10.9 Å². The van der Waals surface area contributed by atoms with Gasteiger partial charge in [-0.1, -0.05) is 50.2 Å². The Labute approximate surface area is 202 Å². The number of aromatic nitrogens is 1. The second kappa shape index (κ2) is 11.4. The first-order chi connectivity index (χ1) is 15.8. The monoisotopic (exact) mass is 464 g/mol. The first-order valence-corrected chi connectivity index (χ1v) is 12.2. The molecule has 0 radical (unpaired) electrons. The molecule has 0 saturated heterocycles. The largest absolute Gasteiger partial charge is 0.356 e. The van der Waals surface area contributed by atoms with E-state index < -0.39 is 0 Å². The van der Waals surface area contributed by atoms with Gasteiger partial charge in [-0.25, -0.2) is 0 Å². The van der Waals surface area contributed by atoms with Gasteiger partial charge in [-0.15, -0.1) is 0 Å². The van der Waals surface area contributed by atoms with E-state index in [0.717, 1.165) is 53.8 Å². The van der Waals surface area contributed by atoms with Crippen LogP contribution in [-0.4, -0.2) is 46.1 Å². The molecular weight excluding hydrogens is 428 g/mol. The van der Waals surface area contributed by atoms with Gasteiger partial charge in [0.2, 0.25) is 0 Å².